The van der Waals surface area contributed by atoms with Gasteiger partial charge in [-0.1, -0.05) is 13.5 Å². The Bertz CT molecular complexity index is 337. The van der Waals surface area contributed by atoms with E-state index in [2.05, 4.69) is 39.2 Å². The Morgan fingerprint density at radius 3 is 2.31 bits per heavy atom. The van der Waals surface area contributed by atoms with Crippen LogP contribution in [0.2, 0.25) is 0 Å². The van der Waals surface area contributed by atoms with Crippen molar-refractivity contribution in [3.8, 4) is 0 Å². The van der Waals surface area contributed by atoms with Crippen molar-refractivity contribution in [2.24, 2.45) is 0 Å². The van der Waals surface area contributed by atoms with Gasteiger partial charge in [-0.25, -0.2) is 0 Å². The summed E-state index contributed by atoms with van der Waals surface area (Å²) in [5.74, 6) is -0.829. The molecule has 0 unspecified atom stereocenters. The van der Waals surface area contributed by atoms with Crippen LogP contribution in [0.3, 0.4) is 0 Å². The molecule has 1 N–H and O–H groups in total. The van der Waals surface area contributed by atoms with Crippen LogP contribution >= 0.6 is 45.2 Å². The molecule has 1 amide bonds. The van der Waals surface area contributed by atoms with Crippen LogP contribution in [0.25, 0.3) is 0 Å². The summed E-state index contributed by atoms with van der Waals surface area (Å²) in [6.45, 7) is 6.75. The van der Waals surface area contributed by atoms with Crippen LogP contribution < -0.4 is 5.32 Å². The van der Waals surface area contributed by atoms with Crippen molar-refractivity contribution in [2.45, 2.75) is 20.3 Å². The molecule has 0 saturated heterocycles. The van der Waals surface area contributed by atoms with Crippen molar-refractivity contribution in [3.63, 3.8) is 0 Å². The number of carbonyl (C=O) groups is 2. The van der Waals surface area contributed by atoms with Gasteiger partial charge in [0.2, 0.25) is 0 Å². The average molecular weight is 449 g/mol. The minimum Gasteiger partial charge on any atom is -0.456 e. The minimum atomic E-state index is -0.473. The quantitative estimate of drug-likeness (QED) is 0.399. The maximum atomic E-state index is 11.4. The van der Waals surface area contributed by atoms with Gasteiger partial charge in [0.15, 0.2) is 6.61 Å². The predicted molar refractivity (Wildman–Crippen MR) is 79.3 cm³/mol. The van der Waals surface area contributed by atoms with Crippen LogP contribution in [0, 0.1) is 0 Å². The standard InChI is InChI=1S/C10H13I2NO3/c1-4-8(12)10(6(2)11)13-9(15)5-16-7(3)14/h2,4-5H2,1,3H3,(H,13,15)/b10-8-. The molecule has 0 aliphatic rings. The maximum absolute atomic E-state index is 11.4. The Kier molecular flexibility index (Phi) is 7.98. The van der Waals surface area contributed by atoms with E-state index in [1.807, 2.05) is 29.5 Å². The van der Waals surface area contributed by atoms with Crippen molar-refractivity contribution in [2.75, 3.05) is 6.61 Å². The Balaban J connectivity index is 4.49. The fourth-order valence-electron chi connectivity index (χ4n) is 0.802. The molecule has 0 aromatic rings. The highest BCUT2D eigenvalue weighted by Crippen LogP contribution is 2.23. The summed E-state index contributed by atoms with van der Waals surface area (Å²) in [4.78, 5) is 21.9. The highest BCUT2D eigenvalue weighted by Gasteiger charge is 2.10. The zero-order valence-corrected chi connectivity index (χ0v) is 13.4. The van der Waals surface area contributed by atoms with Gasteiger partial charge in [-0.15, -0.1) is 0 Å². The second-order valence-corrected chi connectivity index (χ2v) is 5.47. The van der Waals surface area contributed by atoms with Crippen LogP contribution in [0.15, 0.2) is 19.4 Å². The summed E-state index contributed by atoms with van der Waals surface area (Å²) in [5, 5.41) is 2.67. The lowest BCUT2D eigenvalue weighted by molar-refractivity contribution is -0.146. The summed E-state index contributed by atoms with van der Waals surface area (Å²) in [6.07, 6.45) is 0.811. The molecule has 90 valence electrons. The lowest BCUT2D eigenvalue weighted by atomic mass is 10.3. The molecule has 0 radical (unpaired) electrons. The van der Waals surface area contributed by atoms with Gasteiger partial charge in [0, 0.05) is 14.1 Å². The van der Waals surface area contributed by atoms with E-state index in [-0.39, 0.29) is 12.5 Å². The first kappa shape index (κ1) is 15.9. The van der Waals surface area contributed by atoms with Gasteiger partial charge in [0.1, 0.15) is 0 Å². The number of allylic oxidation sites excluding steroid dienone is 2. The van der Waals surface area contributed by atoms with Gasteiger partial charge in [-0.2, -0.15) is 0 Å². The molecule has 0 spiro atoms. The Labute approximate surface area is 122 Å². The molecule has 0 aromatic carbocycles. The fraction of sp³-hybridized carbons (Fsp3) is 0.400. The minimum absolute atomic E-state index is 0.267. The number of hydrogen-bond acceptors (Lipinski definition) is 3. The van der Waals surface area contributed by atoms with Crippen molar-refractivity contribution in [1.82, 2.24) is 5.32 Å². The summed E-state index contributed by atoms with van der Waals surface area (Å²) >= 11 is 4.19. The van der Waals surface area contributed by atoms with Gasteiger partial charge in [0.05, 0.1) is 5.70 Å². The number of carbonyl (C=O) groups excluding carboxylic acids is 2. The molecule has 0 saturated carbocycles. The van der Waals surface area contributed by atoms with Crippen LogP contribution in [0.5, 0.6) is 0 Å². The number of halogens is 2. The molecule has 0 aliphatic carbocycles. The molecule has 0 heterocycles. The van der Waals surface area contributed by atoms with Crippen LogP contribution in [-0.4, -0.2) is 18.5 Å². The zero-order chi connectivity index (χ0) is 12.7. The van der Waals surface area contributed by atoms with Gasteiger partial charge >= 0.3 is 5.97 Å². The third-order valence-corrected chi connectivity index (χ3v) is 3.37. The van der Waals surface area contributed by atoms with E-state index in [1.54, 1.807) is 0 Å². The van der Waals surface area contributed by atoms with E-state index in [4.69, 9.17) is 0 Å². The molecule has 0 aromatic heterocycles. The van der Waals surface area contributed by atoms with Crippen molar-refractivity contribution < 1.29 is 14.3 Å². The number of nitrogens with one attached hydrogen (secondary N) is 1. The SMILES string of the molecule is C=C(I)/C(NC(=O)COC(C)=O)=C(/I)CC. The van der Waals surface area contributed by atoms with E-state index in [0.29, 0.717) is 5.70 Å². The third kappa shape index (κ3) is 6.46. The molecule has 16 heavy (non-hydrogen) atoms. The summed E-state index contributed by atoms with van der Waals surface area (Å²) < 4.78 is 6.35. The largest absolute Gasteiger partial charge is 0.456 e. The molecule has 0 aliphatic heterocycles. The Morgan fingerprint density at radius 2 is 1.94 bits per heavy atom. The maximum Gasteiger partial charge on any atom is 0.303 e. The third-order valence-electron chi connectivity index (χ3n) is 1.52. The molecule has 0 bridgehead atoms. The smallest absolute Gasteiger partial charge is 0.303 e. The summed E-state index contributed by atoms with van der Waals surface area (Å²) in [6, 6.07) is 0. The zero-order valence-electron chi connectivity index (χ0n) is 9.10. The molecular formula is C10H13I2NO3. The van der Waals surface area contributed by atoms with E-state index < -0.39 is 5.97 Å². The van der Waals surface area contributed by atoms with Gasteiger partial charge in [0.25, 0.3) is 5.91 Å². The summed E-state index contributed by atoms with van der Waals surface area (Å²) in [7, 11) is 0. The van der Waals surface area contributed by atoms with Crippen LogP contribution in [0.1, 0.15) is 20.3 Å². The average Bonchev–Trinajstić information content (AvgIpc) is 2.21. The Hall–Kier alpha value is -0.120. The Morgan fingerprint density at radius 1 is 1.38 bits per heavy atom. The summed E-state index contributed by atoms with van der Waals surface area (Å²) in [5.41, 5.74) is 0.695. The van der Waals surface area contributed by atoms with E-state index in [0.717, 1.165) is 13.6 Å². The molecule has 0 rings (SSSR count). The molecule has 6 heteroatoms. The van der Waals surface area contributed by atoms with Gasteiger partial charge in [-0.05, 0) is 51.6 Å². The van der Waals surface area contributed by atoms with E-state index in [9.17, 15) is 9.59 Å². The monoisotopic (exact) mass is 449 g/mol. The topological polar surface area (TPSA) is 55.4 Å². The molecule has 4 nitrogen and oxygen atoms in total. The van der Waals surface area contributed by atoms with E-state index >= 15 is 0 Å². The molecule has 0 atom stereocenters. The number of ether oxygens (including phenoxy) is 1. The van der Waals surface area contributed by atoms with Gasteiger partial charge < -0.3 is 10.1 Å². The number of hydrogen-bond donors (Lipinski definition) is 1. The number of esters is 1. The highest BCUT2D eigenvalue weighted by atomic mass is 127. The lowest BCUT2D eigenvalue weighted by Crippen LogP contribution is -2.28. The van der Waals surface area contributed by atoms with Crippen molar-refractivity contribution in [1.29, 1.82) is 0 Å². The van der Waals surface area contributed by atoms with Crippen LogP contribution in [-0.2, 0) is 14.3 Å². The van der Waals surface area contributed by atoms with Crippen molar-refractivity contribution in [3.05, 3.63) is 19.4 Å². The molecule has 0 fully saturated rings. The first-order valence-electron chi connectivity index (χ1n) is 4.55. The fourth-order valence-corrected chi connectivity index (χ4v) is 2.24. The number of amides is 1. The second-order valence-electron chi connectivity index (χ2n) is 2.87. The first-order chi connectivity index (χ1) is 7.38. The van der Waals surface area contributed by atoms with Crippen molar-refractivity contribution >= 4 is 57.1 Å². The predicted octanol–water partition coefficient (Wildman–Crippen LogP) is 2.67. The normalized spacial score (nSPS) is 11.5. The first-order valence-corrected chi connectivity index (χ1v) is 6.70. The van der Waals surface area contributed by atoms with Gasteiger partial charge in [-0.3, -0.25) is 9.59 Å². The molecular weight excluding hydrogens is 436 g/mol. The van der Waals surface area contributed by atoms with Crippen LogP contribution in [0.4, 0.5) is 0 Å². The lowest BCUT2D eigenvalue weighted by Gasteiger charge is -2.11. The highest BCUT2D eigenvalue weighted by molar-refractivity contribution is 14.1. The second kappa shape index (κ2) is 8.04. The van der Waals surface area contributed by atoms with E-state index in [1.165, 1.54) is 6.92 Å². The number of rotatable bonds is 5.